The molecule has 1 aromatic heterocycles. The normalized spacial score (nSPS) is 10.4. The highest BCUT2D eigenvalue weighted by Crippen LogP contribution is 2.05. The predicted octanol–water partition coefficient (Wildman–Crippen LogP) is 0.232. The number of hydrogen-bond donors (Lipinski definition) is 2. The minimum absolute atomic E-state index is 0.0485. The topological polar surface area (TPSA) is 71.2 Å². The van der Waals surface area contributed by atoms with E-state index < -0.39 is 0 Å². The second kappa shape index (κ2) is 6.07. The average molecular weight is 222 g/mol. The summed E-state index contributed by atoms with van der Waals surface area (Å²) in [6.07, 6.45) is 2.19. The number of carbonyl (C=O) groups excluding carboxylic acids is 1. The fourth-order valence-electron chi connectivity index (χ4n) is 1.36. The van der Waals surface area contributed by atoms with Crippen LogP contribution >= 0.6 is 0 Å². The van der Waals surface area contributed by atoms with Crippen LogP contribution < -0.4 is 11.1 Å². The Bertz CT molecular complexity index is 354. The molecule has 0 fully saturated rings. The van der Waals surface area contributed by atoms with Crippen LogP contribution in [0, 0.1) is 0 Å². The van der Waals surface area contributed by atoms with E-state index in [1.54, 1.807) is 19.3 Å². The van der Waals surface area contributed by atoms with Gasteiger partial charge in [0.15, 0.2) is 0 Å². The van der Waals surface area contributed by atoms with Gasteiger partial charge in [-0.25, -0.2) is 0 Å². The Kier molecular flexibility index (Phi) is 4.72. The number of nitrogens with zero attached hydrogens (tertiary/aromatic N) is 2. The van der Waals surface area contributed by atoms with Crippen LogP contribution in [0.15, 0.2) is 18.3 Å². The molecule has 3 N–H and O–H groups in total. The van der Waals surface area contributed by atoms with Crippen molar-refractivity contribution in [3.63, 3.8) is 0 Å². The highest BCUT2D eigenvalue weighted by Gasteiger charge is 2.04. The van der Waals surface area contributed by atoms with Crippen LogP contribution in [0.3, 0.4) is 0 Å². The van der Waals surface area contributed by atoms with E-state index in [1.807, 2.05) is 18.0 Å². The third kappa shape index (κ3) is 4.27. The Morgan fingerprint density at radius 1 is 1.62 bits per heavy atom. The van der Waals surface area contributed by atoms with Crippen LogP contribution in [0.1, 0.15) is 12.1 Å². The van der Waals surface area contributed by atoms with Gasteiger partial charge in [-0.05, 0) is 19.2 Å². The van der Waals surface area contributed by atoms with E-state index in [0.717, 1.165) is 5.69 Å². The van der Waals surface area contributed by atoms with Crippen LogP contribution in [0.4, 0.5) is 5.69 Å². The van der Waals surface area contributed by atoms with Crippen molar-refractivity contribution in [2.75, 3.05) is 26.4 Å². The zero-order valence-electron chi connectivity index (χ0n) is 9.73. The molecule has 88 valence electrons. The standard InChI is InChI=1S/C11H18N4O/c1-13-11(16)4-6-15(2)8-10-7-9(12)3-5-14-10/h3,5,7H,4,6,8H2,1-2H3,(H2,12,14)(H,13,16). The highest BCUT2D eigenvalue weighted by molar-refractivity contribution is 5.75. The molecule has 1 amide bonds. The molecule has 0 aliphatic rings. The van der Waals surface area contributed by atoms with Crippen molar-refractivity contribution in [2.45, 2.75) is 13.0 Å². The molecule has 0 saturated carbocycles. The second-order valence-corrected chi connectivity index (χ2v) is 3.74. The minimum atomic E-state index is 0.0485. The molecule has 0 unspecified atom stereocenters. The third-order valence-electron chi connectivity index (χ3n) is 2.27. The number of amides is 1. The molecule has 0 bridgehead atoms. The molecule has 16 heavy (non-hydrogen) atoms. The van der Waals surface area contributed by atoms with Gasteiger partial charge in [0.1, 0.15) is 0 Å². The molecule has 0 spiro atoms. The fraction of sp³-hybridized carbons (Fsp3) is 0.455. The molecular weight excluding hydrogens is 204 g/mol. The van der Waals surface area contributed by atoms with Crippen molar-refractivity contribution >= 4 is 11.6 Å². The van der Waals surface area contributed by atoms with Crippen molar-refractivity contribution < 1.29 is 4.79 Å². The van der Waals surface area contributed by atoms with Crippen LogP contribution in [-0.4, -0.2) is 36.4 Å². The van der Waals surface area contributed by atoms with Gasteiger partial charge in [-0.15, -0.1) is 0 Å². The van der Waals surface area contributed by atoms with E-state index in [-0.39, 0.29) is 5.91 Å². The molecule has 5 nitrogen and oxygen atoms in total. The Labute approximate surface area is 95.7 Å². The third-order valence-corrected chi connectivity index (χ3v) is 2.27. The van der Waals surface area contributed by atoms with Crippen molar-refractivity contribution in [2.24, 2.45) is 0 Å². The Morgan fingerprint density at radius 2 is 2.38 bits per heavy atom. The number of nitrogens with two attached hydrogens (primary N) is 1. The van der Waals surface area contributed by atoms with E-state index >= 15 is 0 Å². The van der Waals surface area contributed by atoms with Gasteiger partial charge in [0.2, 0.25) is 5.91 Å². The fourth-order valence-corrected chi connectivity index (χ4v) is 1.36. The summed E-state index contributed by atoms with van der Waals surface area (Å²) in [4.78, 5) is 17.3. The Morgan fingerprint density at radius 3 is 3.00 bits per heavy atom. The molecule has 0 radical (unpaired) electrons. The second-order valence-electron chi connectivity index (χ2n) is 3.74. The smallest absolute Gasteiger partial charge is 0.221 e. The lowest BCUT2D eigenvalue weighted by Gasteiger charge is -2.15. The largest absolute Gasteiger partial charge is 0.399 e. The van der Waals surface area contributed by atoms with E-state index in [2.05, 4.69) is 10.3 Å². The van der Waals surface area contributed by atoms with Gasteiger partial charge >= 0.3 is 0 Å². The maximum absolute atomic E-state index is 11.0. The summed E-state index contributed by atoms with van der Waals surface area (Å²) in [7, 11) is 3.59. The zero-order chi connectivity index (χ0) is 12.0. The number of aromatic nitrogens is 1. The first kappa shape index (κ1) is 12.4. The predicted molar refractivity (Wildman–Crippen MR) is 63.7 cm³/mol. The molecular formula is C11H18N4O. The number of anilines is 1. The monoisotopic (exact) mass is 222 g/mol. The number of nitrogens with one attached hydrogen (secondary N) is 1. The van der Waals surface area contributed by atoms with Gasteiger partial charge in [-0.3, -0.25) is 9.78 Å². The molecule has 0 aromatic carbocycles. The van der Waals surface area contributed by atoms with Crippen LogP contribution in [0.2, 0.25) is 0 Å². The number of carbonyl (C=O) groups is 1. The Hall–Kier alpha value is -1.62. The van der Waals surface area contributed by atoms with E-state index in [0.29, 0.717) is 25.2 Å². The lowest BCUT2D eigenvalue weighted by molar-refractivity contribution is -0.120. The summed E-state index contributed by atoms with van der Waals surface area (Å²) in [5.74, 6) is 0.0485. The first-order valence-electron chi connectivity index (χ1n) is 5.21. The van der Waals surface area contributed by atoms with Gasteiger partial charge in [-0.1, -0.05) is 0 Å². The van der Waals surface area contributed by atoms with Crippen molar-refractivity contribution in [3.05, 3.63) is 24.0 Å². The van der Waals surface area contributed by atoms with Crippen molar-refractivity contribution in [1.29, 1.82) is 0 Å². The first-order valence-corrected chi connectivity index (χ1v) is 5.21. The molecule has 1 aromatic rings. The van der Waals surface area contributed by atoms with Gasteiger partial charge in [0, 0.05) is 38.4 Å². The lowest BCUT2D eigenvalue weighted by Crippen LogP contribution is -2.26. The maximum atomic E-state index is 11.0. The summed E-state index contributed by atoms with van der Waals surface area (Å²) in [5.41, 5.74) is 7.28. The SMILES string of the molecule is CNC(=O)CCN(C)Cc1cc(N)ccn1. The molecule has 0 aliphatic heterocycles. The highest BCUT2D eigenvalue weighted by atomic mass is 16.1. The quantitative estimate of drug-likeness (QED) is 0.748. The van der Waals surface area contributed by atoms with Gasteiger partial charge < -0.3 is 16.0 Å². The summed E-state index contributed by atoms with van der Waals surface area (Å²) in [5, 5.41) is 2.59. The first-order chi connectivity index (χ1) is 7.61. The molecule has 5 heteroatoms. The van der Waals surface area contributed by atoms with Crippen LogP contribution in [0.25, 0.3) is 0 Å². The average Bonchev–Trinajstić information content (AvgIpc) is 2.26. The number of nitrogen functional groups attached to an aromatic ring is 1. The lowest BCUT2D eigenvalue weighted by atomic mass is 10.3. The van der Waals surface area contributed by atoms with Gasteiger partial charge in [-0.2, -0.15) is 0 Å². The van der Waals surface area contributed by atoms with Crippen LogP contribution in [-0.2, 0) is 11.3 Å². The summed E-state index contributed by atoms with van der Waals surface area (Å²) < 4.78 is 0. The summed E-state index contributed by atoms with van der Waals surface area (Å²) in [6.45, 7) is 1.40. The van der Waals surface area contributed by atoms with Crippen LogP contribution in [0.5, 0.6) is 0 Å². The molecule has 1 rings (SSSR count). The minimum Gasteiger partial charge on any atom is -0.399 e. The van der Waals surface area contributed by atoms with E-state index in [1.165, 1.54) is 0 Å². The number of hydrogen-bond acceptors (Lipinski definition) is 4. The number of rotatable bonds is 5. The van der Waals surface area contributed by atoms with E-state index in [4.69, 9.17) is 5.73 Å². The number of pyridine rings is 1. The maximum Gasteiger partial charge on any atom is 0.221 e. The van der Waals surface area contributed by atoms with Gasteiger partial charge in [0.05, 0.1) is 5.69 Å². The van der Waals surface area contributed by atoms with Gasteiger partial charge in [0.25, 0.3) is 0 Å². The molecule has 0 saturated heterocycles. The summed E-state index contributed by atoms with van der Waals surface area (Å²) >= 11 is 0. The molecule has 0 atom stereocenters. The van der Waals surface area contributed by atoms with Crippen molar-refractivity contribution in [3.8, 4) is 0 Å². The zero-order valence-corrected chi connectivity index (χ0v) is 9.73. The molecule has 0 aliphatic carbocycles. The van der Waals surface area contributed by atoms with E-state index in [9.17, 15) is 4.79 Å². The summed E-state index contributed by atoms with van der Waals surface area (Å²) in [6, 6.07) is 3.60. The van der Waals surface area contributed by atoms with Crippen molar-refractivity contribution in [1.82, 2.24) is 15.2 Å². The Balaban J connectivity index is 2.39. The molecule has 1 heterocycles.